The maximum atomic E-state index is 13.8. The van der Waals surface area contributed by atoms with Crippen LogP contribution in [-0.2, 0) is 24.2 Å². The first kappa shape index (κ1) is 28.8. The highest BCUT2D eigenvalue weighted by atomic mass is 19.1. The summed E-state index contributed by atoms with van der Waals surface area (Å²) in [7, 11) is 0. The molecule has 0 fully saturated rings. The minimum Gasteiger partial charge on any atom is -0.390 e. The van der Waals surface area contributed by atoms with E-state index in [9.17, 15) is 32.3 Å². The lowest BCUT2D eigenvalue weighted by atomic mass is 10.0. The molecular formula is C28H29F4N3O3. The van der Waals surface area contributed by atoms with Gasteiger partial charge in [-0.1, -0.05) is 37.3 Å². The molecule has 0 aliphatic carbocycles. The van der Waals surface area contributed by atoms with Crippen molar-refractivity contribution in [3.8, 4) is 0 Å². The maximum Gasteiger partial charge on any atom is 0.257 e. The summed E-state index contributed by atoms with van der Waals surface area (Å²) in [6.45, 7) is 1.86. The van der Waals surface area contributed by atoms with Crippen molar-refractivity contribution in [3.05, 3.63) is 106 Å². The predicted molar refractivity (Wildman–Crippen MR) is 134 cm³/mol. The van der Waals surface area contributed by atoms with E-state index in [0.29, 0.717) is 12.6 Å². The summed E-state index contributed by atoms with van der Waals surface area (Å²) in [5.41, 5.74) is 1.51. The number of hydrogen-bond acceptors (Lipinski definition) is 4. The highest BCUT2D eigenvalue weighted by Gasteiger charge is 2.23. The molecule has 1 unspecified atom stereocenters. The Kier molecular flexibility index (Phi) is 10.4. The Balaban J connectivity index is 1.65. The molecule has 0 saturated heterocycles. The second-order valence-electron chi connectivity index (χ2n) is 8.81. The van der Waals surface area contributed by atoms with E-state index >= 15 is 0 Å². The maximum absolute atomic E-state index is 13.8. The highest BCUT2D eigenvalue weighted by Crippen LogP contribution is 2.13. The van der Waals surface area contributed by atoms with Gasteiger partial charge in [0.05, 0.1) is 18.7 Å². The van der Waals surface area contributed by atoms with E-state index in [1.807, 2.05) is 31.2 Å². The van der Waals surface area contributed by atoms with E-state index < -0.39 is 59.3 Å². The first-order valence-corrected chi connectivity index (χ1v) is 12.1. The van der Waals surface area contributed by atoms with E-state index in [2.05, 4.69) is 16.0 Å². The zero-order valence-electron chi connectivity index (χ0n) is 20.7. The molecule has 0 aromatic heterocycles. The van der Waals surface area contributed by atoms with Crippen LogP contribution in [0.3, 0.4) is 0 Å². The van der Waals surface area contributed by atoms with Gasteiger partial charge in [-0.3, -0.25) is 9.59 Å². The molecule has 0 spiro atoms. The number of rotatable bonds is 12. The standard InChI is InChI=1S/C28H29F4N3O3/c1-2-17-5-3-6-18(9-17)14-33-15-25(36)24(12-19-10-20(29)13-21(30)11-19)35-26(37)16-34-28(38)27-22(31)7-4-8-23(27)32/h3-11,13,24-25,33,36H,2,12,14-16H2,1H3,(H,34,38)(H,35,37)/t24?,25-/m0/s1. The Morgan fingerprint density at radius 3 is 2.16 bits per heavy atom. The summed E-state index contributed by atoms with van der Waals surface area (Å²) in [5.74, 6) is -5.69. The van der Waals surface area contributed by atoms with Crippen LogP contribution in [-0.4, -0.2) is 42.2 Å². The summed E-state index contributed by atoms with van der Waals surface area (Å²) in [6, 6.07) is 12.7. The SMILES string of the molecule is CCc1cccc(CNC[C@H](O)C(Cc2cc(F)cc(F)c2)NC(=O)CNC(=O)c2c(F)cccc2F)c1. The molecule has 0 heterocycles. The fourth-order valence-electron chi connectivity index (χ4n) is 3.95. The highest BCUT2D eigenvalue weighted by molar-refractivity contribution is 5.96. The smallest absolute Gasteiger partial charge is 0.257 e. The fraction of sp³-hybridized carbons (Fsp3) is 0.286. The van der Waals surface area contributed by atoms with Crippen LogP contribution in [0.2, 0.25) is 0 Å². The number of carbonyl (C=O) groups is 2. The average Bonchev–Trinajstić information content (AvgIpc) is 2.86. The number of nitrogens with one attached hydrogen (secondary N) is 3. The van der Waals surface area contributed by atoms with Gasteiger partial charge >= 0.3 is 0 Å². The van der Waals surface area contributed by atoms with Crippen molar-refractivity contribution in [3.63, 3.8) is 0 Å². The molecule has 202 valence electrons. The van der Waals surface area contributed by atoms with Crippen molar-refractivity contribution >= 4 is 11.8 Å². The molecule has 38 heavy (non-hydrogen) atoms. The molecule has 10 heteroatoms. The lowest BCUT2D eigenvalue weighted by Crippen LogP contribution is -2.51. The average molecular weight is 532 g/mol. The molecule has 0 bridgehead atoms. The molecule has 6 nitrogen and oxygen atoms in total. The Labute approximate surface area is 218 Å². The molecule has 3 rings (SSSR count). The molecule has 0 saturated carbocycles. The molecule has 0 radical (unpaired) electrons. The minimum absolute atomic E-state index is 0.0336. The third-order valence-corrected chi connectivity index (χ3v) is 5.87. The number of hydrogen-bond donors (Lipinski definition) is 4. The number of benzene rings is 3. The molecule has 0 aliphatic heterocycles. The number of aliphatic hydroxyl groups excluding tert-OH is 1. The number of aryl methyl sites for hydroxylation is 1. The van der Waals surface area contributed by atoms with Gasteiger partial charge in [0.25, 0.3) is 5.91 Å². The monoisotopic (exact) mass is 531 g/mol. The van der Waals surface area contributed by atoms with Crippen LogP contribution in [0, 0.1) is 23.3 Å². The summed E-state index contributed by atoms with van der Waals surface area (Å²) in [4.78, 5) is 24.7. The molecule has 3 aromatic carbocycles. The van der Waals surface area contributed by atoms with Crippen molar-refractivity contribution in [2.24, 2.45) is 0 Å². The van der Waals surface area contributed by atoms with Crippen LogP contribution < -0.4 is 16.0 Å². The van der Waals surface area contributed by atoms with Gasteiger partial charge in [-0.05, 0) is 53.8 Å². The number of aliphatic hydroxyl groups is 1. The molecule has 2 amide bonds. The van der Waals surface area contributed by atoms with Gasteiger partial charge in [-0.15, -0.1) is 0 Å². The molecule has 0 aliphatic rings. The van der Waals surface area contributed by atoms with Gasteiger partial charge in [0.1, 0.15) is 28.8 Å². The van der Waals surface area contributed by atoms with E-state index in [0.717, 1.165) is 47.9 Å². The first-order chi connectivity index (χ1) is 18.2. The van der Waals surface area contributed by atoms with Crippen molar-refractivity contribution in [2.45, 2.75) is 38.5 Å². The summed E-state index contributed by atoms with van der Waals surface area (Å²) < 4.78 is 55.1. The Hall–Kier alpha value is -3.76. The van der Waals surface area contributed by atoms with E-state index in [4.69, 9.17) is 0 Å². The van der Waals surface area contributed by atoms with Gasteiger partial charge in [0, 0.05) is 19.2 Å². The topological polar surface area (TPSA) is 90.5 Å². The lowest BCUT2D eigenvalue weighted by molar-refractivity contribution is -0.121. The molecule has 3 aromatic rings. The number of amides is 2. The Morgan fingerprint density at radius 2 is 1.50 bits per heavy atom. The van der Waals surface area contributed by atoms with Gasteiger partial charge in [-0.25, -0.2) is 17.6 Å². The van der Waals surface area contributed by atoms with Crippen molar-refractivity contribution in [1.82, 2.24) is 16.0 Å². The van der Waals surface area contributed by atoms with Crippen molar-refractivity contribution < 1.29 is 32.3 Å². The molecule has 4 N–H and O–H groups in total. The van der Waals surface area contributed by atoms with Crippen molar-refractivity contribution in [1.29, 1.82) is 0 Å². The summed E-state index contributed by atoms with van der Waals surface area (Å²) >= 11 is 0. The summed E-state index contributed by atoms with van der Waals surface area (Å²) in [6.07, 6.45) is -0.432. The normalized spacial score (nSPS) is 12.6. The zero-order valence-corrected chi connectivity index (χ0v) is 20.7. The summed E-state index contributed by atoms with van der Waals surface area (Å²) in [5, 5.41) is 18.6. The van der Waals surface area contributed by atoms with Gasteiger partial charge < -0.3 is 21.1 Å². The van der Waals surface area contributed by atoms with Crippen LogP contribution in [0.25, 0.3) is 0 Å². The van der Waals surface area contributed by atoms with Gasteiger partial charge in [0.2, 0.25) is 5.91 Å². The second-order valence-corrected chi connectivity index (χ2v) is 8.81. The number of halogens is 4. The third kappa shape index (κ3) is 8.39. The fourth-order valence-corrected chi connectivity index (χ4v) is 3.95. The van der Waals surface area contributed by atoms with E-state index in [1.54, 1.807) is 0 Å². The Bertz CT molecular complexity index is 1230. The zero-order chi connectivity index (χ0) is 27.7. The first-order valence-electron chi connectivity index (χ1n) is 12.1. The van der Waals surface area contributed by atoms with Crippen LogP contribution >= 0.6 is 0 Å². The van der Waals surface area contributed by atoms with Gasteiger partial charge in [0.15, 0.2) is 0 Å². The lowest BCUT2D eigenvalue weighted by Gasteiger charge is -2.25. The van der Waals surface area contributed by atoms with Crippen molar-refractivity contribution in [2.75, 3.05) is 13.1 Å². The minimum atomic E-state index is -1.18. The van der Waals surface area contributed by atoms with E-state index in [1.165, 1.54) is 0 Å². The molecular weight excluding hydrogens is 502 g/mol. The Morgan fingerprint density at radius 1 is 0.868 bits per heavy atom. The van der Waals surface area contributed by atoms with Crippen LogP contribution in [0.5, 0.6) is 0 Å². The molecule has 2 atom stereocenters. The van der Waals surface area contributed by atoms with Crippen LogP contribution in [0.4, 0.5) is 17.6 Å². The van der Waals surface area contributed by atoms with Gasteiger partial charge in [-0.2, -0.15) is 0 Å². The second kappa shape index (κ2) is 13.7. The number of carbonyl (C=O) groups excluding carboxylic acids is 2. The van der Waals surface area contributed by atoms with Crippen LogP contribution in [0.15, 0.2) is 60.7 Å². The quantitative estimate of drug-likeness (QED) is 0.270. The predicted octanol–water partition coefficient (Wildman–Crippen LogP) is 3.41. The largest absolute Gasteiger partial charge is 0.390 e. The van der Waals surface area contributed by atoms with E-state index in [-0.39, 0.29) is 18.5 Å². The van der Waals surface area contributed by atoms with Crippen LogP contribution in [0.1, 0.15) is 34.0 Å². The third-order valence-electron chi connectivity index (χ3n) is 5.87.